The lowest BCUT2D eigenvalue weighted by Crippen LogP contribution is -2.46. The summed E-state index contributed by atoms with van der Waals surface area (Å²) >= 11 is 0. The molecule has 0 aromatic heterocycles. The van der Waals surface area contributed by atoms with Gasteiger partial charge >= 0.3 is 5.97 Å². The number of aromatic carboxylic acids is 1. The number of carboxylic acid groups (broad SMARTS) is 1. The zero-order valence-electron chi connectivity index (χ0n) is 15.8. The van der Waals surface area contributed by atoms with Crippen molar-refractivity contribution in [1.82, 2.24) is 4.90 Å². The van der Waals surface area contributed by atoms with E-state index < -0.39 is 17.7 Å². The van der Waals surface area contributed by atoms with E-state index in [4.69, 9.17) is 0 Å². The van der Waals surface area contributed by atoms with Gasteiger partial charge in [0, 0.05) is 31.9 Å². The molecule has 1 fully saturated rings. The Balaban J connectivity index is 1.78. The second-order valence-electron chi connectivity index (χ2n) is 6.80. The Kier molecular flexibility index (Phi) is 6.26. The molecule has 28 heavy (non-hydrogen) atoms. The summed E-state index contributed by atoms with van der Waals surface area (Å²) in [6.45, 7) is 6.72. The maximum atomic E-state index is 13.8. The standard InChI is InChI=1S/C21H24FN3O3/c1-2-9-24-10-12-25(13-11-24)15-7-8-19(17(14-15)21(27)28)23-20(26)16-5-3-4-6-18(16)22/h3-8,14H,2,9-13H2,1H3,(H,23,26)(H,27,28). The molecule has 0 saturated carbocycles. The zero-order valence-corrected chi connectivity index (χ0v) is 15.8. The van der Waals surface area contributed by atoms with E-state index in [0.29, 0.717) is 0 Å². The largest absolute Gasteiger partial charge is 0.478 e. The van der Waals surface area contributed by atoms with Gasteiger partial charge in [-0.2, -0.15) is 0 Å². The van der Waals surface area contributed by atoms with Crippen LogP contribution in [-0.2, 0) is 0 Å². The van der Waals surface area contributed by atoms with E-state index in [-0.39, 0.29) is 16.8 Å². The highest BCUT2D eigenvalue weighted by Crippen LogP contribution is 2.25. The molecule has 2 N–H and O–H groups in total. The fourth-order valence-corrected chi connectivity index (χ4v) is 3.40. The first-order valence-corrected chi connectivity index (χ1v) is 9.40. The van der Waals surface area contributed by atoms with Gasteiger partial charge in [0.15, 0.2) is 0 Å². The van der Waals surface area contributed by atoms with Gasteiger partial charge in [0.2, 0.25) is 0 Å². The topological polar surface area (TPSA) is 72.9 Å². The maximum Gasteiger partial charge on any atom is 0.337 e. The van der Waals surface area contributed by atoms with Crippen LogP contribution < -0.4 is 10.2 Å². The molecule has 7 heteroatoms. The van der Waals surface area contributed by atoms with Gasteiger partial charge in [-0.1, -0.05) is 19.1 Å². The predicted molar refractivity (Wildman–Crippen MR) is 107 cm³/mol. The van der Waals surface area contributed by atoms with Gasteiger partial charge in [0.1, 0.15) is 5.82 Å². The lowest BCUT2D eigenvalue weighted by molar-refractivity contribution is 0.0698. The van der Waals surface area contributed by atoms with Crippen molar-refractivity contribution in [3.8, 4) is 0 Å². The van der Waals surface area contributed by atoms with Gasteiger partial charge in [-0.3, -0.25) is 9.69 Å². The summed E-state index contributed by atoms with van der Waals surface area (Å²) < 4.78 is 13.8. The molecule has 2 aromatic carbocycles. The molecule has 1 aliphatic rings. The van der Waals surface area contributed by atoms with Crippen LogP contribution in [0.25, 0.3) is 0 Å². The van der Waals surface area contributed by atoms with Crippen molar-refractivity contribution in [2.45, 2.75) is 13.3 Å². The first-order valence-electron chi connectivity index (χ1n) is 9.40. The van der Waals surface area contributed by atoms with Crippen LogP contribution in [0, 0.1) is 5.82 Å². The third-order valence-electron chi connectivity index (χ3n) is 4.88. The number of benzene rings is 2. The predicted octanol–water partition coefficient (Wildman–Crippen LogP) is 3.31. The third kappa shape index (κ3) is 4.48. The fraction of sp³-hybridized carbons (Fsp3) is 0.333. The first kappa shape index (κ1) is 19.8. The van der Waals surface area contributed by atoms with E-state index in [9.17, 15) is 19.1 Å². The molecule has 3 rings (SSSR count). The van der Waals surface area contributed by atoms with Gasteiger partial charge in [-0.15, -0.1) is 0 Å². The third-order valence-corrected chi connectivity index (χ3v) is 4.88. The summed E-state index contributed by atoms with van der Waals surface area (Å²) in [4.78, 5) is 28.6. The molecule has 1 saturated heterocycles. The average molecular weight is 385 g/mol. The Hall–Kier alpha value is -2.93. The molecule has 0 bridgehead atoms. The number of nitrogens with zero attached hydrogens (tertiary/aromatic N) is 2. The number of amides is 1. The van der Waals surface area contributed by atoms with Crippen LogP contribution >= 0.6 is 0 Å². The van der Waals surface area contributed by atoms with Crippen LogP contribution in [0.5, 0.6) is 0 Å². The number of carbonyl (C=O) groups is 2. The second kappa shape index (κ2) is 8.84. The zero-order chi connectivity index (χ0) is 20.1. The van der Waals surface area contributed by atoms with E-state index in [1.165, 1.54) is 18.2 Å². The number of halogens is 1. The fourth-order valence-electron chi connectivity index (χ4n) is 3.40. The summed E-state index contributed by atoms with van der Waals surface area (Å²) in [5.41, 5.74) is 0.805. The van der Waals surface area contributed by atoms with Crippen molar-refractivity contribution < 1.29 is 19.1 Å². The molecular weight excluding hydrogens is 361 g/mol. The van der Waals surface area contributed by atoms with Crippen molar-refractivity contribution in [3.63, 3.8) is 0 Å². The van der Waals surface area contributed by atoms with E-state index in [1.54, 1.807) is 24.3 Å². The smallest absolute Gasteiger partial charge is 0.337 e. The van der Waals surface area contributed by atoms with Gasteiger partial charge in [0.25, 0.3) is 5.91 Å². The maximum absolute atomic E-state index is 13.8. The molecule has 1 aliphatic heterocycles. The number of hydrogen-bond donors (Lipinski definition) is 2. The molecule has 0 radical (unpaired) electrons. The summed E-state index contributed by atoms with van der Waals surface area (Å²) in [5, 5.41) is 12.1. The van der Waals surface area contributed by atoms with Crippen molar-refractivity contribution in [2.75, 3.05) is 42.9 Å². The van der Waals surface area contributed by atoms with E-state index in [1.807, 2.05) is 0 Å². The second-order valence-corrected chi connectivity index (χ2v) is 6.80. The number of hydrogen-bond acceptors (Lipinski definition) is 4. The summed E-state index contributed by atoms with van der Waals surface area (Å²) in [5.74, 6) is -2.48. The Morgan fingerprint density at radius 1 is 1.07 bits per heavy atom. The van der Waals surface area contributed by atoms with Crippen LogP contribution in [-0.4, -0.2) is 54.6 Å². The Morgan fingerprint density at radius 3 is 2.43 bits per heavy atom. The molecule has 6 nitrogen and oxygen atoms in total. The highest BCUT2D eigenvalue weighted by atomic mass is 19.1. The van der Waals surface area contributed by atoms with Crippen LogP contribution in [0.4, 0.5) is 15.8 Å². The van der Waals surface area contributed by atoms with Crippen LogP contribution in [0.3, 0.4) is 0 Å². The number of piperazine rings is 1. The highest BCUT2D eigenvalue weighted by Gasteiger charge is 2.20. The van der Waals surface area contributed by atoms with E-state index in [0.717, 1.165) is 44.8 Å². The highest BCUT2D eigenvalue weighted by molar-refractivity contribution is 6.08. The van der Waals surface area contributed by atoms with Gasteiger partial charge in [-0.05, 0) is 43.3 Å². The SMILES string of the molecule is CCCN1CCN(c2ccc(NC(=O)c3ccccc3F)c(C(=O)O)c2)CC1. The molecule has 0 atom stereocenters. The Labute approximate surface area is 163 Å². The minimum Gasteiger partial charge on any atom is -0.478 e. The van der Waals surface area contributed by atoms with Gasteiger partial charge < -0.3 is 15.3 Å². The van der Waals surface area contributed by atoms with Crippen LogP contribution in [0.1, 0.15) is 34.1 Å². The van der Waals surface area contributed by atoms with Crippen LogP contribution in [0.2, 0.25) is 0 Å². The van der Waals surface area contributed by atoms with Crippen molar-refractivity contribution in [3.05, 3.63) is 59.4 Å². The van der Waals surface area contributed by atoms with Crippen molar-refractivity contribution in [1.29, 1.82) is 0 Å². The quantitative estimate of drug-likeness (QED) is 0.798. The number of carboxylic acids is 1. The lowest BCUT2D eigenvalue weighted by atomic mass is 10.1. The van der Waals surface area contributed by atoms with Crippen LogP contribution in [0.15, 0.2) is 42.5 Å². The molecule has 0 aliphatic carbocycles. The van der Waals surface area contributed by atoms with Crippen molar-refractivity contribution in [2.24, 2.45) is 0 Å². The van der Waals surface area contributed by atoms with Gasteiger partial charge in [-0.25, -0.2) is 9.18 Å². The number of carbonyl (C=O) groups excluding carboxylic acids is 1. The minimum absolute atomic E-state index is 0.0156. The Bertz CT molecular complexity index is 864. The molecule has 2 aromatic rings. The average Bonchev–Trinajstić information content (AvgIpc) is 2.69. The number of rotatable bonds is 6. The minimum atomic E-state index is -1.14. The Morgan fingerprint density at radius 2 is 1.79 bits per heavy atom. The molecular formula is C21H24FN3O3. The molecule has 148 valence electrons. The molecule has 1 heterocycles. The summed E-state index contributed by atoms with van der Waals surface area (Å²) in [7, 11) is 0. The number of nitrogens with one attached hydrogen (secondary N) is 1. The van der Waals surface area contributed by atoms with E-state index >= 15 is 0 Å². The molecule has 0 unspecified atom stereocenters. The summed E-state index contributed by atoms with van der Waals surface area (Å²) in [6, 6.07) is 10.5. The normalized spacial score (nSPS) is 14.7. The van der Waals surface area contributed by atoms with Crippen molar-refractivity contribution >= 4 is 23.3 Å². The molecule has 0 spiro atoms. The number of anilines is 2. The van der Waals surface area contributed by atoms with Gasteiger partial charge in [0.05, 0.1) is 16.8 Å². The lowest BCUT2D eigenvalue weighted by Gasteiger charge is -2.36. The summed E-state index contributed by atoms with van der Waals surface area (Å²) in [6.07, 6.45) is 1.11. The first-order chi connectivity index (χ1) is 13.5. The monoisotopic (exact) mass is 385 g/mol. The molecule has 1 amide bonds. The van der Waals surface area contributed by atoms with E-state index in [2.05, 4.69) is 22.0 Å².